The van der Waals surface area contributed by atoms with Crippen molar-refractivity contribution in [2.45, 2.75) is 32.2 Å². The number of amides is 1. The summed E-state index contributed by atoms with van der Waals surface area (Å²) in [7, 11) is 0. The third-order valence-corrected chi connectivity index (χ3v) is 4.83. The highest BCUT2D eigenvalue weighted by atomic mass is 16.2. The Morgan fingerprint density at radius 1 is 1.32 bits per heavy atom. The summed E-state index contributed by atoms with van der Waals surface area (Å²) in [4.78, 5) is 14.7. The molecule has 3 nitrogen and oxygen atoms in total. The minimum atomic E-state index is 0.194. The van der Waals surface area contributed by atoms with Crippen LogP contribution in [-0.4, -0.2) is 29.9 Å². The molecule has 1 aromatic rings. The van der Waals surface area contributed by atoms with Gasteiger partial charge in [0, 0.05) is 24.7 Å². The van der Waals surface area contributed by atoms with E-state index in [1.807, 2.05) is 23.1 Å². The maximum atomic E-state index is 12.6. The van der Waals surface area contributed by atoms with Gasteiger partial charge >= 0.3 is 0 Å². The molecule has 2 fully saturated rings. The monoisotopic (exact) mass is 258 g/mol. The minimum absolute atomic E-state index is 0.194. The van der Waals surface area contributed by atoms with E-state index in [0.717, 1.165) is 37.1 Å². The minimum Gasteiger partial charge on any atom is -0.338 e. The number of likely N-dealkylation sites (tertiary alicyclic amines) is 1. The predicted molar refractivity (Wildman–Crippen MR) is 75.9 cm³/mol. The Balaban J connectivity index is 1.78. The Morgan fingerprint density at radius 3 is 2.84 bits per heavy atom. The molecule has 1 aliphatic carbocycles. The third kappa shape index (κ3) is 2.16. The standard InChI is InChI=1S/C16H22N2O/c1-2-11-5-3-4-6-13(11)16(19)18-9-12-7-8-15(17)14(12)10-18/h3-6,12,14-15H,2,7-10,17H2,1H3/t12-,14-,15+/m0/s1. The van der Waals surface area contributed by atoms with Crippen LogP contribution in [0, 0.1) is 11.8 Å². The van der Waals surface area contributed by atoms with Crippen LogP contribution < -0.4 is 5.73 Å². The van der Waals surface area contributed by atoms with Gasteiger partial charge < -0.3 is 10.6 Å². The zero-order chi connectivity index (χ0) is 13.4. The van der Waals surface area contributed by atoms with Crippen LogP contribution in [0.4, 0.5) is 0 Å². The third-order valence-electron chi connectivity index (χ3n) is 4.83. The smallest absolute Gasteiger partial charge is 0.254 e. The molecule has 1 amide bonds. The number of aryl methyl sites for hydroxylation is 1. The van der Waals surface area contributed by atoms with Gasteiger partial charge in [-0.25, -0.2) is 0 Å². The molecule has 2 N–H and O–H groups in total. The van der Waals surface area contributed by atoms with E-state index in [1.165, 1.54) is 6.42 Å². The first kappa shape index (κ1) is 12.7. The number of fused-ring (bicyclic) bond motifs is 1. The van der Waals surface area contributed by atoms with Crippen LogP contribution in [0.15, 0.2) is 24.3 Å². The Bertz CT molecular complexity index is 485. The van der Waals surface area contributed by atoms with E-state index < -0.39 is 0 Å². The highest BCUT2D eigenvalue weighted by Gasteiger charge is 2.42. The largest absolute Gasteiger partial charge is 0.338 e. The van der Waals surface area contributed by atoms with Gasteiger partial charge in [-0.05, 0) is 42.7 Å². The van der Waals surface area contributed by atoms with Crippen LogP contribution in [0.1, 0.15) is 35.7 Å². The normalized spacial score (nSPS) is 29.6. The number of nitrogens with two attached hydrogens (primary N) is 1. The van der Waals surface area contributed by atoms with Crippen LogP contribution >= 0.6 is 0 Å². The van der Waals surface area contributed by atoms with Crippen molar-refractivity contribution >= 4 is 5.91 Å². The lowest BCUT2D eigenvalue weighted by Crippen LogP contribution is -2.33. The fourth-order valence-corrected chi connectivity index (χ4v) is 3.68. The fourth-order valence-electron chi connectivity index (χ4n) is 3.68. The lowest BCUT2D eigenvalue weighted by molar-refractivity contribution is 0.0778. The molecule has 0 spiro atoms. The average molecular weight is 258 g/mol. The van der Waals surface area contributed by atoms with Gasteiger partial charge in [0.2, 0.25) is 0 Å². The van der Waals surface area contributed by atoms with Crippen molar-refractivity contribution in [3.05, 3.63) is 35.4 Å². The molecule has 1 saturated carbocycles. The van der Waals surface area contributed by atoms with E-state index in [9.17, 15) is 4.79 Å². The van der Waals surface area contributed by atoms with Gasteiger partial charge in [0.15, 0.2) is 0 Å². The summed E-state index contributed by atoms with van der Waals surface area (Å²) in [6.07, 6.45) is 3.22. The van der Waals surface area contributed by atoms with Gasteiger partial charge in [-0.2, -0.15) is 0 Å². The Morgan fingerprint density at radius 2 is 2.11 bits per heavy atom. The van der Waals surface area contributed by atoms with E-state index in [2.05, 4.69) is 13.0 Å². The van der Waals surface area contributed by atoms with Crippen molar-refractivity contribution in [1.82, 2.24) is 4.90 Å². The molecule has 19 heavy (non-hydrogen) atoms. The molecular formula is C16H22N2O. The summed E-state index contributed by atoms with van der Waals surface area (Å²) in [6, 6.07) is 8.26. The van der Waals surface area contributed by atoms with Gasteiger partial charge in [-0.1, -0.05) is 25.1 Å². The van der Waals surface area contributed by atoms with Gasteiger partial charge in [0.1, 0.15) is 0 Å². The fraction of sp³-hybridized carbons (Fsp3) is 0.562. The number of benzene rings is 1. The second kappa shape index (κ2) is 4.97. The van der Waals surface area contributed by atoms with Crippen LogP contribution in [0.25, 0.3) is 0 Å². The van der Waals surface area contributed by atoms with Gasteiger partial charge in [-0.3, -0.25) is 4.79 Å². The van der Waals surface area contributed by atoms with E-state index in [-0.39, 0.29) is 5.91 Å². The van der Waals surface area contributed by atoms with Crippen molar-refractivity contribution in [3.63, 3.8) is 0 Å². The summed E-state index contributed by atoms with van der Waals surface area (Å²) in [5.74, 6) is 1.35. The van der Waals surface area contributed by atoms with Crippen molar-refractivity contribution in [2.24, 2.45) is 17.6 Å². The molecule has 1 saturated heterocycles. The lowest BCUT2D eigenvalue weighted by Gasteiger charge is -2.20. The van der Waals surface area contributed by atoms with Gasteiger partial charge in [0.05, 0.1) is 0 Å². The summed E-state index contributed by atoms with van der Waals surface area (Å²) in [5.41, 5.74) is 8.16. The molecule has 0 aromatic heterocycles. The average Bonchev–Trinajstić information content (AvgIpc) is 3.00. The van der Waals surface area contributed by atoms with Crippen LogP contribution in [0.3, 0.4) is 0 Å². The Labute approximate surface area is 114 Å². The summed E-state index contributed by atoms with van der Waals surface area (Å²) >= 11 is 0. The van der Waals surface area contributed by atoms with Crippen LogP contribution in [0.2, 0.25) is 0 Å². The van der Waals surface area contributed by atoms with E-state index in [1.54, 1.807) is 0 Å². The molecule has 0 unspecified atom stereocenters. The molecule has 1 aromatic carbocycles. The number of carbonyl (C=O) groups is 1. The van der Waals surface area contributed by atoms with Crippen molar-refractivity contribution < 1.29 is 4.79 Å². The second-order valence-corrected chi connectivity index (χ2v) is 5.89. The molecule has 2 aliphatic rings. The summed E-state index contributed by atoms with van der Waals surface area (Å²) in [5, 5.41) is 0. The number of carbonyl (C=O) groups excluding carboxylic acids is 1. The maximum Gasteiger partial charge on any atom is 0.254 e. The Kier molecular flexibility index (Phi) is 3.31. The maximum absolute atomic E-state index is 12.6. The molecule has 1 aliphatic heterocycles. The highest BCUT2D eigenvalue weighted by molar-refractivity contribution is 5.95. The zero-order valence-electron chi connectivity index (χ0n) is 11.5. The van der Waals surface area contributed by atoms with E-state index >= 15 is 0 Å². The van der Waals surface area contributed by atoms with E-state index in [4.69, 9.17) is 5.73 Å². The first-order valence-corrected chi connectivity index (χ1v) is 7.33. The topological polar surface area (TPSA) is 46.3 Å². The van der Waals surface area contributed by atoms with Crippen molar-refractivity contribution in [1.29, 1.82) is 0 Å². The van der Waals surface area contributed by atoms with Gasteiger partial charge in [0.25, 0.3) is 5.91 Å². The molecule has 3 rings (SSSR count). The number of hydrogen-bond donors (Lipinski definition) is 1. The lowest BCUT2D eigenvalue weighted by atomic mass is 9.98. The number of rotatable bonds is 2. The number of nitrogens with zero attached hydrogens (tertiary/aromatic N) is 1. The Hall–Kier alpha value is -1.35. The van der Waals surface area contributed by atoms with Crippen molar-refractivity contribution in [3.8, 4) is 0 Å². The summed E-state index contributed by atoms with van der Waals surface area (Å²) in [6.45, 7) is 3.85. The molecule has 0 radical (unpaired) electrons. The second-order valence-electron chi connectivity index (χ2n) is 5.89. The van der Waals surface area contributed by atoms with E-state index in [0.29, 0.717) is 17.9 Å². The molecular weight excluding hydrogens is 236 g/mol. The molecule has 102 valence electrons. The molecule has 3 atom stereocenters. The number of hydrogen-bond acceptors (Lipinski definition) is 2. The SMILES string of the molecule is CCc1ccccc1C(=O)N1C[C@@H]2CC[C@@H](N)[C@H]2C1. The highest BCUT2D eigenvalue weighted by Crippen LogP contribution is 2.37. The first-order valence-electron chi connectivity index (χ1n) is 7.33. The van der Waals surface area contributed by atoms with Crippen LogP contribution in [-0.2, 0) is 6.42 Å². The van der Waals surface area contributed by atoms with Crippen molar-refractivity contribution in [2.75, 3.05) is 13.1 Å². The van der Waals surface area contributed by atoms with Crippen LogP contribution in [0.5, 0.6) is 0 Å². The molecule has 0 bridgehead atoms. The molecule has 1 heterocycles. The zero-order valence-corrected chi connectivity index (χ0v) is 11.5. The molecule has 3 heteroatoms. The summed E-state index contributed by atoms with van der Waals surface area (Å²) < 4.78 is 0. The quantitative estimate of drug-likeness (QED) is 0.882. The first-order chi connectivity index (χ1) is 9.20. The predicted octanol–water partition coefficient (Wildman–Crippen LogP) is 2.06. The van der Waals surface area contributed by atoms with Gasteiger partial charge in [-0.15, -0.1) is 0 Å².